The van der Waals surface area contributed by atoms with Crippen LogP contribution < -0.4 is 5.32 Å². The maximum atomic E-state index is 13.7. The molecule has 1 fully saturated rings. The highest BCUT2D eigenvalue weighted by Crippen LogP contribution is 2.34. The predicted octanol–water partition coefficient (Wildman–Crippen LogP) is 4.41. The predicted molar refractivity (Wildman–Crippen MR) is 119 cm³/mol. The van der Waals surface area contributed by atoms with Crippen LogP contribution in [0, 0.1) is 6.92 Å². The number of hydrogen-bond donors (Lipinski definition) is 1. The Morgan fingerprint density at radius 1 is 1.16 bits per heavy atom. The number of rotatable bonds is 4. The quantitative estimate of drug-likeness (QED) is 0.681. The first-order valence-electron chi connectivity index (χ1n) is 11.2. The molecule has 3 heterocycles. The first-order chi connectivity index (χ1) is 15.0. The zero-order valence-corrected chi connectivity index (χ0v) is 18.2. The van der Waals surface area contributed by atoms with E-state index in [1.54, 1.807) is 17.2 Å². The molecule has 0 spiro atoms. The number of nitrogens with zero attached hydrogens (tertiary/aromatic N) is 2. The summed E-state index contributed by atoms with van der Waals surface area (Å²) in [6, 6.07) is 12.0. The first kappa shape index (κ1) is 19.9. The first-order valence-corrected chi connectivity index (χ1v) is 11.2. The highest BCUT2D eigenvalue weighted by Gasteiger charge is 2.48. The van der Waals surface area contributed by atoms with Crippen molar-refractivity contribution < 1.29 is 14.0 Å². The number of hydrogen-bond acceptors (Lipinski definition) is 3. The number of nitrogens with one attached hydrogen (secondary N) is 1. The number of amides is 2. The molecule has 1 aromatic carbocycles. The van der Waals surface area contributed by atoms with Gasteiger partial charge in [0.1, 0.15) is 11.2 Å². The fourth-order valence-corrected chi connectivity index (χ4v) is 4.98. The van der Waals surface area contributed by atoms with Crippen LogP contribution in [0.3, 0.4) is 0 Å². The number of benzene rings is 1. The van der Waals surface area contributed by atoms with Crippen LogP contribution in [0.5, 0.6) is 0 Å². The van der Waals surface area contributed by atoms with Gasteiger partial charge in [-0.3, -0.25) is 9.59 Å². The molecular formula is C25H29N3O3. The van der Waals surface area contributed by atoms with E-state index in [1.807, 2.05) is 48.7 Å². The highest BCUT2D eigenvalue weighted by atomic mass is 16.3. The maximum absolute atomic E-state index is 13.7. The number of aryl methyl sites for hydroxylation is 1. The smallest absolute Gasteiger partial charge is 0.271 e. The third-order valence-electron chi connectivity index (χ3n) is 6.94. The SMILES string of the molecule is Cc1ccc(CN2C(=O)c3cc4occc4n3C[C@@]2(C)C(=O)NC2CCCCC2)cc1. The number of aromatic nitrogens is 1. The van der Waals surface area contributed by atoms with E-state index < -0.39 is 5.54 Å². The van der Waals surface area contributed by atoms with E-state index in [-0.39, 0.29) is 17.9 Å². The molecule has 3 aromatic rings. The van der Waals surface area contributed by atoms with Crippen molar-refractivity contribution in [2.75, 3.05) is 0 Å². The molecule has 0 radical (unpaired) electrons. The van der Waals surface area contributed by atoms with Crippen LogP contribution in [0.25, 0.3) is 11.1 Å². The van der Waals surface area contributed by atoms with E-state index in [1.165, 1.54) is 12.0 Å². The number of fused-ring (bicyclic) bond motifs is 3. The van der Waals surface area contributed by atoms with Crippen LogP contribution in [0.1, 0.15) is 60.6 Å². The second kappa shape index (κ2) is 7.59. The Hall–Kier alpha value is -3.02. The van der Waals surface area contributed by atoms with Gasteiger partial charge in [0.05, 0.1) is 18.3 Å². The van der Waals surface area contributed by atoms with Crippen LogP contribution in [0.2, 0.25) is 0 Å². The molecule has 2 amide bonds. The van der Waals surface area contributed by atoms with Gasteiger partial charge in [0.2, 0.25) is 5.91 Å². The summed E-state index contributed by atoms with van der Waals surface area (Å²) in [5.74, 6) is -0.213. The van der Waals surface area contributed by atoms with Gasteiger partial charge in [0, 0.05) is 24.7 Å². The van der Waals surface area contributed by atoms with Gasteiger partial charge in [-0.15, -0.1) is 0 Å². The van der Waals surface area contributed by atoms with Crippen molar-refractivity contribution in [3.8, 4) is 0 Å². The summed E-state index contributed by atoms with van der Waals surface area (Å²) in [6.07, 6.45) is 7.16. The summed E-state index contributed by atoms with van der Waals surface area (Å²) in [4.78, 5) is 29.0. The average molecular weight is 420 g/mol. The Morgan fingerprint density at radius 2 is 1.90 bits per heavy atom. The summed E-state index contributed by atoms with van der Waals surface area (Å²) in [7, 11) is 0. The van der Waals surface area contributed by atoms with E-state index in [0.29, 0.717) is 24.4 Å². The normalized spacial score (nSPS) is 22.0. The van der Waals surface area contributed by atoms with Crippen molar-refractivity contribution in [1.82, 2.24) is 14.8 Å². The summed E-state index contributed by atoms with van der Waals surface area (Å²) in [5.41, 5.74) is 3.30. The molecule has 162 valence electrons. The molecule has 1 saturated carbocycles. The van der Waals surface area contributed by atoms with E-state index in [0.717, 1.165) is 36.8 Å². The van der Waals surface area contributed by atoms with Gasteiger partial charge in [-0.2, -0.15) is 0 Å². The fourth-order valence-electron chi connectivity index (χ4n) is 4.98. The molecule has 6 nitrogen and oxygen atoms in total. The Balaban J connectivity index is 1.52. The van der Waals surface area contributed by atoms with Crippen LogP contribution in [0.4, 0.5) is 0 Å². The van der Waals surface area contributed by atoms with Gasteiger partial charge >= 0.3 is 0 Å². The lowest BCUT2D eigenvalue weighted by molar-refractivity contribution is -0.134. The second-order valence-corrected chi connectivity index (χ2v) is 9.24. The lowest BCUT2D eigenvalue weighted by Gasteiger charge is -2.44. The molecule has 1 aliphatic heterocycles. The van der Waals surface area contributed by atoms with Gasteiger partial charge in [0.25, 0.3) is 5.91 Å². The fraction of sp³-hybridized carbons (Fsp3) is 0.440. The standard InChI is InChI=1S/C25H29N3O3/c1-17-8-10-18(11-9-17)15-28-23(29)21-14-22-20(12-13-31-22)27(21)16-25(28,2)24(30)26-19-6-4-3-5-7-19/h8-14,19H,3-7,15-16H2,1-2H3,(H,26,30)/t25-/m0/s1. The summed E-state index contributed by atoms with van der Waals surface area (Å²) in [6.45, 7) is 4.73. The third kappa shape index (κ3) is 3.44. The molecule has 0 unspecified atom stereocenters. The molecule has 0 bridgehead atoms. The van der Waals surface area contributed by atoms with Gasteiger partial charge in [-0.05, 0) is 32.3 Å². The second-order valence-electron chi connectivity index (χ2n) is 9.24. The van der Waals surface area contributed by atoms with Crippen LogP contribution >= 0.6 is 0 Å². The highest BCUT2D eigenvalue weighted by molar-refractivity contribution is 6.02. The van der Waals surface area contributed by atoms with Crippen molar-refractivity contribution in [3.05, 3.63) is 59.5 Å². The molecule has 1 aliphatic carbocycles. The van der Waals surface area contributed by atoms with Gasteiger partial charge < -0.3 is 19.2 Å². The van der Waals surface area contributed by atoms with E-state index >= 15 is 0 Å². The Kier molecular flexibility index (Phi) is 4.88. The van der Waals surface area contributed by atoms with Crippen molar-refractivity contribution in [1.29, 1.82) is 0 Å². The van der Waals surface area contributed by atoms with E-state index in [4.69, 9.17) is 4.42 Å². The molecule has 6 heteroatoms. The van der Waals surface area contributed by atoms with Crippen LogP contribution in [0.15, 0.2) is 47.1 Å². The number of carbonyl (C=O) groups is 2. The van der Waals surface area contributed by atoms with Crippen molar-refractivity contribution >= 4 is 22.9 Å². The molecule has 2 aliphatic rings. The molecule has 0 saturated heterocycles. The minimum Gasteiger partial charge on any atom is -0.463 e. The summed E-state index contributed by atoms with van der Waals surface area (Å²) in [5, 5.41) is 3.27. The average Bonchev–Trinajstić information content (AvgIpc) is 3.36. The number of furan rings is 1. The lowest BCUT2D eigenvalue weighted by Crippen LogP contribution is -2.64. The number of carbonyl (C=O) groups excluding carboxylic acids is 2. The van der Waals surface area contributed by atoms with Crippen molar-refractivity contribution in [3.63, 3.8) is 0 Å². The molecule has 2 aromatic heterocycles. The monoisotopic (exact) mass is 419 g/mol. The Morgan fingerprint density at radius 3 is 2.65 bits per heavy atom. The summed E-state index contributed by atoms with van der Waals surface area (Å²) >= 11 is 0. The lowest BCUT2D eigenvalue weighted by atomic mass is 9.91. The van der Waals surface area contributed by atoms with E-state index in [2.05, 4.69) is 5.32 Å². The minimum atomic E-state index is -0.990. The minimum absolute atomic E-state index is 0.0733. The molecule has 1 atom stereocenters. The van der Waals surface area contributed by atoms with E-state index in [9.17, 15) is 9.59 Å². The molecular weight excluding hydrogens is 390 g/mol. The maximum Gasteiger partial charge on any atom is 0.271 e. The van der Waals surface area contributed by atoms with Gasteiger partial charge in [0.15, 0.2) is 5.58 Å². The summed E-state index contributed by atoms with van der Waals surface area (Å²) < 4.78 is 7.48. The zero-order valence-electron chi connectivity index (χ0n) is 18.2. The van der Waals surface area contributed by atoms with Crippen molar-refractivity contribution in [2.24, 2.45) is 0 Å². The largest absolute Gasteiger partial charge is 0.463 e. The molecule has 1 N–H and O–H groups in total. The van der Waals surface area contributed by atoms with Crippen molar-refractivity contribution in [2.45, 2.75) is 70.6 Å². The van der Waals surface area contributed by atoms with Crippen LogP contribution in [-0.2, 0) is 17.9 Å². The van der Waals surface area contributed by atoms with Crippen LogP contribution in [-0.4, -0.2) is 32.9 Å². The van der Waals surface area contributed by atoms with Gasteiger partial charge in [-0.25, -0.2) is 0 Å². The Labute approximate surface area is 182 Å². The topological polar surface area (TPSA) is 67.5 Å². The Bertz CT molecular complexity index is 1120. The molecule has 31 heavy (non-hydrogen) atoms. The molecule has 5 rings (SSSR count). The van der Waals surface area contributed by atoms with Gasteiger partial charge in [-0.1, -0.05) is 49.1 Å². The third-order valence-corrected chi connectivity index (χ3v) is 6.94. The zero-order chi connectivity index (χ0) is 21.6.